The molecule has 2 aromatic rings. The van der Waals surface area contributed by atoms with Crippen LogP contribution in [0.2, 0.25) is 0 Å². The number of sulfonamides is 1. The van der Waals surface area contributed by atoms with Gasteiger partial charge in [-0.05, 0) is 57.4 Å². The average Bonchev–Trinajstić information content (AvgIpc) is 3.27. The Balaban J connectivity index is 1.37. The van der Waals surface area contributed by atoms with Crippen molar-refractivity contribution in [3.05, 3.63) is 64.7 Å². The molecule has 4 rings (SSSR count). The number of hydrogen-bond donors (Lipinski definition) is 1. The molecular formula is C31H42N4O7S. The van der Waals surface area contributed by atoms with Gasteiger partial charge in [-0.15, -0.1) is 0 Å². The van der Waals surface area contributed by atoms with Crippen molar-refractivity contribution in [1.82, 2.24) is 14.1 Å². The van der Waals surface area contributed by atoms with Crippen LogP contribution in [0.1, 0.15) is 73.6 Å². The van der Waals surface area contributed by atoms with E-state index in [9.17, 15) is 22.8 Å². The summed E-state index contributed by atoms with van der Waals surface area (Å²) in [7, 11) is -3.17. The summed E-state index contributed by atoms with van der Waals surface area (Å²) in [6, 6.07) is 12.5. The van der Waals surface area contributed by atoms with E-state index in [0.29, 0.717) is 43.1 Å². The van der Waals surface area contributed by atoms with Crippen LogP contribution in [0.3, 0.4) is 0 Å². The molecule has 2 aliphatic heterocycles. The molecule has 2 unspecified atom stereocenters. The molecule has 2 heterocycles. The molecule has 1 saturated heterocycles. The maximum Gasteiger partial charge on any atom is 0.306 e. The van der Waals surface area contributed by atoms with Crippen LogP contribution in [-0.2, 0) is 37.5 Å². The van der Waals surface area contributed by atoms with Gasteiger partial charge in [0.1, 0.15) is 24.0 Å². The highest BCUT2D eigenvalue weighted by Gasteiger charge is 2.37. The van der Waals surface area contributed by atoms with Gasteiger partial charge in [0.25, 0.3) is 5.91 Å². The molecule has 12 heteroatoms. The number of hydrogen-bond acceptors (Lipinski definition) is 8. The van der Waals surface area contributed by atoms with Crippen LogP contribution in [0.25, 0.3) is 0 Å². The molecule has 0 spiro atoms. The third-order valence-corrected chi connectivity index (χ3v) is 9.15. The summed E-state index contributed by atoms with van der Waals surface area (Å²) in [5, 5.41) is 0. The summed E-state index contributed by atoms with van der Waals surface area (Å²) >= 11 is 0. The first-order valence-corrected chi connectivity index (χ1v) is 16.3. The fraction of sp³-hybridized carbons (Fsp3) is 0.516. The van der Waals surface area contributed by atoms with Crippen molar-refractivity contribution in [3.8, 4) is 5.75 Å². The van der Waals surface area contributed by atoms with Crippen molar-refractivity contribution < 1.29 is 32.3 Å². The van der Waals surface area contributed by atoms with E-state index in [-0.39, 0.29) is 37.9 Å². The standard InChI is InChI=1S/C31H42N4O7S/c1-21(33-15-17-34(18-16-33)43(5,39)40)23-11-9-22(10-12-23)20-41-27-8-6-7-24-25(27)19-35(30(24)38)26(29(32)37)13-14-28(36)42-31(2,3)4/h6-12,21,26H,13-20H2,1-5H3,(H2,32,37). The van der Waals surface area contributed by atoms with Gasteiger partial charge in [-0.1, -0.05) is 30.3 Å². The summed E-state index contributed by atoms with van der Waals surface area (Å²) in [5.41, 5.74) is 8.20. The Labute approximate surface area is 254 Å². The van der Waals surface area contributed by atoms with Gasteiger partial charge in [0.2, 0.25) is 15.9 Å². The number of esters is 1. The number of benzene rings is 2. The number of amides is 2. The maximum atomic E-state index is 13.3. The Kier molecular flexibility index (Phi) is 9.83. The van der Waals surface area contributed by atoms with Crippen molar-refractivity contribution in [2.45, 2.75) is 71.4 Å². The van der Waals surface area contributed by atoms with Gasteiger partial charge in [-0.25, -0.2) is 8.42 Å². The fourth-order valence-corrected chi connectivity index (χ4v) is 6.33. The molecule has 0 aliphatic carbocycles. The Bertz CT molecular complexity index is 1450. The minimum absolute atomic E-state index is 0.0418. The zero-order valence-corrected chi connectivity index (χ0v) is 26.4. The van der Waals surface area contributed by atoms with Gasteiger partial charge in [0.05, 0.1) is 12.8 Å². The number of piperazine rings is 1. The topological polar surface area (TPSA) is 140 Å². The Morgan fingerprint density at radius 2 is 1.67 bits per heavy atom. The average molecular weight is 615 g/mol. The van der Waals surface area contributed by atoms with Crippen molar-refractivity contribution in [3.63, 3.8) is 0 Å². The molecule has 0 bridgehead atoms. The molecule has 234 valence electrons. The predicted molar refractivity (Wildman–Crippen MR) is 162 cm³/mol. The number of ether oxygens (including phenoxy) is 2. The van der Waals surface area contributed by atoms with E-state index in [0.717, 1.165) is 11.1 Å². The molecule has 2 aromatic carbocycles. The quantitative estimate of drug-likeness (QED) is 0.381. The van der Waals surface area contributed by atoms with E-state index in [2.05, 4.69) is 24.0 Å². The molecule has 2 atom stereocenters. The first kappa shape index (κ1) is 32.4. The molecule has 43 heavy (non-hydrogen) atoms. The summed E-state index contributed by atoms with van der Waals surface area (Å²) in [6.07, 6.45) is 1.27. The van der Waals surface area contributed by atoms with Crippen molar-refractivity contribution in [2.75, 3.05) is 32.4 Å². The van der Waals surface area contributed by atoms with Gasteiger partial charge in [0.15, 0.2) is 0 Å². The van der Waals surface area contributed by atoms with E-state index in [1.807, 2.05) is 12.1 Å². The van der Waals surface area contributed by atoms with Crippen LogP contribution in [0.5, 0.6) is 5.75 Å². The second-order valence-electron chi connectivity index (χ2n) is 12.2. The predicted octanol–water partition coefficient (Wildman–Crippen LogP) is 2.84. The summed E-state index contributed by atoms with van der Waals surface area (Å²) in [4.78, 5) is 41.5. The molecule has 0 saturated carbocycles. The van der Waals surface area contributed by atoms with E-state index >= 15 is 0 Å². The highest BCUT2D eigenvalue weighted by atomic mass is 32.2. The molecule has 1 fully saturated rings. The lowest BCUT2D eigenvalue weighted by Gasteiger charge is -2.37. The molecule has 2 N–H and O–H groups in total. The van der Waals surface area contributed by atoms with E-state index < -0.39 is 33.5 Å². The van der Waals surface area contributed by atoms with Gasteiger partial charge in [0, 0.05) is 49.8 Å². The normalized spacial score (nSPS) is 17.8. The lowest BCUT2D eigenvalue weighted by Crippen LogP contribution is -2.48. The lowest BCUT2D eigenvalue weighted by molar-refractivity contribution is -0.155. The maximum absolute atomic E-state index is 13.3. The van der Waals surface area contributed by atoms with Crippen LogP contribution in [0.15, 0.2) is 42.5 Å². The molecule has 0 radical (unpaired) electrons. The van der Waals surface area contributed by atoms with Crippen LogP contribution in [0, 0.1) is 0 Å². The Morgan fingerprint density at radius 1 is 1.02 bits per heavy atom. The van der Waals surface area contributed by atoms with Gasteiger partial charge in [-0.3, -0.25) is 19.3 Å². The molecule has 11 nitrogen and oxygen atoms in total. The summed E-state index contributed by atoms with van der Waals surface area (Å²) in [6.45, 7) is 10.2. The number of nitrogens with zero attached hydrogens (tertiary/aromatic N) is 3. The number of fused-ring (bicyclic) bond motifs is 1. The van der Waals surface area contributed by atoms with E-state index in [1.54, 1.807) is 39.0 Å². The number of primary amides is 1. The Hall–Kier alpha value is -3.48. The smallest absolute Gasteiger partial charge is 0.306 e. The minimum atomic E-state index is -3.17. The van der Waals surface area contributed by atoms with Crippen molar-refractivity contribution in [1.29, 1.82) is 0 Å². The summed E-state index contributed by atoms with van der Waals surface area (Å²) in [5.74, 6) is -0.922. The number of rotatable bonds is 11. The monoisotopic (exact) mass is 614 g/mol. The third-order valence-electron chi connectivity index (χ3n) is 7.85. The zero-order chi connectivity index (χ0) is 31.5. The van der Waals surface area contributed by atoms with Crippen LogP contribution >= 0.6 is 0 Å². The molecule has 0 aromatic heterocycles. The van der Waals surface area contributed by atoms with Crippen LogP contribution < -0.4 is 10.5 Å². The molecule has 2 aliphatic rings. The van der Waals surface area contributed by atoms with Gasteiger partial charge >= 0.3 is 5.97 Å². The van der Waals surface area contributed by atoms with E-state index in [1.165, 1.54) is 15.5 Å². The molecule has 2 amide bonds. The zero-order valence-electron chi connectivity index (χ0n) is 25.5. The number of carbonyl (C=O) groups is 3. The SMILES string of the molecule is CC(c1ccc(COc2cccc3c2CN(C(CCC(=O)OC(C)(C)C)C(N)=O)C3=O)cc1)N1CCN(S(C)(=O)=O)CC1. The molecular weight excluding hydrogens is 572 g/mol. The first-order valence-electron chi connectivity index (χ1n) is 14.5. The highest BCUT2D eigenvalue weighted by Crippen LogP contribution is 2.33. The Morgan fingerprint density at radius 3 is 2.26 bits per heavy atom. The van der Waals surface area contributed by atoms with Crippen LogP contribution in [0.4, 0.5) is 0 Å². The highest BCUT2D eigenvalue weighted by molar-refractivity contribution is 7.88. The van der Waals surface area contributed by atoms with Crippen molar-refractivity contribution in [2.24, 2.45) is 5.73 Å². The summed E-state index contributed by atoms with van der Waals surface area (Å²) < 4.78 is 36.6. The van der Waals surface area contributed by atoms with Gasteiger partial charge in [-0.2, -0.15) is 4.31 Å². The fourth-order valence-electron chi connectivity index (χ4n) is 5.50. The first-order chi connectivity index (χ1) is 20.1. The number of carbonyl (C=O) groups excluding carboxylic acids is 3. The van der Waals surface area contributed by atoms with E-state index in [4.69, 9.17) is 15.2 Å². The number of nitrogens with two attached hydrogens (primary N) is 1. The van der Waals surface area contributed by atoms with Gasteiger partial charge < -0.3 is 20.1 Å². The minimum Gasteiger partial charge on any atom is -0.489 e. The van der Waals surface area contributed by atoms with Crippen molar-refractivity contribution >= 4 is 27.8 Å². The second-order valence-corrected chi connectivity index (χ2v) is 14.1. The van der Waals surface area contributed by atoms with Crippen LogP contribution in [-0.4, -0.2) is 84.4 Å². The lowest BCUT2D eigenvalue weighted by atomic mass is 10.0. The largest absolute Gasteiger partial charge is 0.489 e. The second kappa shape index (κ2) is 13.0. The third kappa shape index (κ3) is 8.12.